The Kier molecular flexibility index (Phi) is 6.31. The number of hydrogen-bond donors (Lipinski definition) is 1. The summed E-state index contributed by atoms with van der Waals surface area (Å²) in [6.07, 6.45) is 3.83. The number of ether oxygens (including phenoxy) is 2. The average Bonchev–Trinajstić information content (AvgIpc) is 2.68. The SMILES string of the molecule is COc1cc(CN2CCCCC2)c(CO)cc1OCc1ccccc1. The lowest BCUT2D eigenvalue weighted by Gasteiger charge is -2.27. The number of rotatable bonds is 7. The van der Waals surface area contributed by atoms with Gasteiger partial charge in [0.05, 0.1) is 13.7 Å². The van der Waals surface area contributed by atoms with E-state index >= 15 is 0 Å². The molecule has 134 valence electrons. The van der Waals surface area contributed by atoms with Crippen molar-refractivity contribution in [3.63, 3.8) is 0 Å². The number of piperidine rings is 1. The molecule has 0 bridgehead atoms. The fourth-order valence-electron chi connectivity index (χ4n) is 3.30. The number of methoxy groups -OCH3 is 1. The van der Waals surface area contributed by atoms with Crippen LogP contribution in [0.1, 0.15) is 36.0 Å². The molecule has 0 aromatic heterocycles. The molecular formula is C21H27NO3. The second-order valence-corrected chi connectivity index (χ2v) is 6.54. The van der Waals surface area contributed by atoms with Gasteiger partial charge in [-0.25, -0.2) is 0 Å². The molecule has 2 aromatic rings. The van der Waals surface area contributed by atoms with E-state index in [1.165, 1.54) is 19.3 Å². The lowest BCUT2D eigenvalue weighted by Crippen LogP contribution is -2.29. The number of benzene rings is 2. The van der Waals surface area contributed by atoms with Gasteiger partial charge >= 0.3 is 0 Å². The molecule has 1 N–H and O–H groups in total. The number of likely N-dealkylation sites (tertiary alicyclic amines) is 1. The standard InChI is InChI=1S/C21H27NO3/c1-24-20-12-18(14-22-10-6-3-7-11-22)19(15-23)13-21(20)25-16-17-8-4-2-5-9-17/h2,4-5,8-9,12-13,23H,3,6-7,10-11,14-16H2,1H3. The van der Waals surface area contributed by atoms with E-state index in [1.54, 1.807) is 7.11 Å². The molecule has 4 heteroatoms. The van der Waals surface area contributed by atoms with Crippen molar-refractivity contribution in [2.75, 3.05) is 20.2 Å². The molecule has 2 aromatic carbocycles. The van der Waals surface area contributed by atoms with Crippen LogP contribution in [0.15, 0.2) is 42.5 Å². The Hall–Kier alpha value is -2.04. The Labute approximate surface area is 150 Å². The van der Waals surface area contributed by atoms with E-state index in [0.29, 0.717) is 12.4 Å². The minimum atomic E-state index is 0.00879. The largest absolute Gasteiger partial charge is 0.493 e. The van der Waals surface area contributed by atoms with Gasteiger partial charge in [-0.1, -0.05) is 36.8 Å². The quantitative estimate of drug-likeness (QED) is 0.833. The summed E-state index contributed by atoms with van der Waals surface area (Å²) in [5.41, 5.74) is 3.13. The van der Waals surface area contributed by atoms with Gasteiger partial charge in [0.2, 0.25) is 0 Å². The van der Waals surface area contributed by atoms with Crippen LogP contribution >= 0.6 is 0 Å². The highest BCUT2D eigenvalue weighted by molar-refractivity contribution is 5.47. The van der Waals surface area contributed by atoms with Crippen LogP contribution in [-0.2, 0) is 19.8 Å². The lowest BCUT2D eigenvalue weighted by atomic mass is 10.0. The lowest BCUT2D eigenvalue weighted by molar-refractivity contribution is 0.216. The number of aliphatic hydroxyl groups excluding tert-OH is 1. The third kappa shape index (κ3) is 4.74. The summed E-state index contributed by atoms with van der Waals surface area (Å²) in [6, 6.07) is 14.0. The highest BCUT2D eigenvalue weighted by atomic mass is 16.5. The van der Waals surface area contributed by atoms with Gasteiger partial charge in [-0.15, -0.1) is 0 Å². The van der Waals surface area contributed by atoms with Gasteiger partial charge in [-0.2, -0.15) is 0 Å². The fraction of sp³-hybridized carbons (Fsp3) is 0.429. The molecule has 1 aliphatic rings. The number of hydrogen-bond acceptors (Lipinski definition) is 4. The van der Waals surface area contributed by atoms with Crippen molar-refractivity contribution >= 4 is 0 Å². The van der Waals surface area contributed by atoms with E-state index in [9.17, 15) is 5.11 Å². The van der Waals surface area contributed by atoms with Crippen LogP contribution in [0.3, 0.4) is 0 Å². The van der Waals surface area contributed by atoms with Crippen LogP contribution in [0, 0.1) is 0 Å². The van der Waals surface area contributed by atoms with Crippen LogP contribution < -0.4 is 9.47 Å². The first-order chi connectivity index (χ1) is 12.3. The van der Waals surface area contributed by atoms with Crippen molar-refractivity contribution in [2.45, 2.75) is 39.0 Å². The maximum Gasteiger partial charge on any atom is 0.162 e. The van der Waals surface area contributed by atoms with E-state index in [2.05, 4.69) is 4.90 Å². The maximum absolute atomic E-state index is 9.81. The van der Waals surface area contributed by atoms with E-state index in [0.717, 1.165) is 42.1 Å². The van der Waals surface area contributed by atoms with Gasteiger partial charge in [-0.3, -0.25) is 4.90 Å². The van der Waals surface area contributed by atoms with Crippen LogP contribution in [0.4, 0.5) is 0 Å². The minimum Gasteiger partial charge on any atom is -0.493 e. The zero-order valence-electron chi connectivity index (χ0n) is 14.9. The van der Waals surface area contributed by atoms with Gasteiger partial charge in [0.25, 0.3) is 0 Å². The van der Waals surface area contributed by atoms with Crippen LogP contribution in [-0.4, -0.2) is 30.2 Å². The number of aliphatic hydroxyl groups is 1. The van der Waals surface area contributed by atoms with Crippen molar-refractivity contribution in [3.8, 4) is 11.5 Å². The van der Waals surface area contributed by atoms with Gasteiger partial charge in [-0.05, 0) is 54.8 Å². The van der Waals surface area contributed by atoms with Crippen molar-refractivity contribution < 1.29 is 14.6 Å². The predicted octanol–water partition coefficient (Wildman–Crippen LogP) is 3.75. The van der Waals surface area contributed by atoms with Gasteiger partial charge in [0, 0.05) is 6.54 Å². The molecule has 0 amide bonds. The van der Waals surface area contributed by atoms with Crippen molar-refractivity contribution in [1.29, 1.82) is 0 Å². The molecule has 0 saturated carbocycles. The summed E-state index contributed by atoms with van der Waals surface area (Å²) in [5, 5.41) is 9.81. The van der Waals surface area contributed by atoms with Crippen molar-refractivity contribution in [3.05, 3.63) is 59.2 Å². The third-order valence-electron chi connectivity index (χ3n) is 4.74. The Morgan fingerprint density at radius 1 is 0.960 bits per heavy atom. The first-order valence-electron chi connectivity index (χ1n) is 9.00. The van der Waals surface area contributed by atoms with Gasteiger partial charge in [0.1, 0.15) is 6.61 Å². The molecule has 1 fully saturated rings. The summed E-state index contributed by atoms with van der Waals surface area (Å²) >= 11 is 0. The summed E-state index contributed by atoms with van der Waals surface area (Å²) in [7, 11) is 1.66. The molecule has 3 rings (SSSR count). The zero-order chi connectivity index (χ0) is 17.5. The summed E-state index contributed by atoms with van der Waals surface area (Å²) in [6.45, 7) is 3.59. The molecule has 1 heterocycles. The normalized spacial score (nSPS) is 15.1. The molecule has 4 nitrogen and oxygen atoms in total. The molecule has 25 heavy (non-hydrogen) atoms. The zero-order valence-corrected chi connectivity index (χ0v) is 14.9. The monoisotopic (exact) mass is 341 g/mol. The predicted molar refractivity (Wildman–Crippen MR) is 98.8 cm³/mol. The van der Waals surface area contributed by atoms with E-state index in [-0.39, 0.29) is 6.61 Å². The van der Waals surface area contributed by atoms with Crippen molar-refractivity contribution in [1.82, 2.24) is 4.90 Å². The molecule has 1 saturated heterocycles. The molecule has 0 unspecified atom stereocenters. The Morgan fingerprint density at radius 3 is 2.36 bits per heavy atom. The molecule has 0 radical (unpaired) electrons. The first-order valence-corrected chi connectivity index (χ1v) is 9.00. The topological polar surface area (TPSA) is 41.9 Å². The van der Waals surface area contributed by atoms with E-state index in [1.807, 2.05) is 42.5 Å². The first kappa shape index (κ1) is 17.8. The van der Waals surface area contributed by atoms with Gasteiger partial charge < -0.3 is 14.6 Å². The Bertz CT molecular complexity index is 666. The maximum atomic E-state index is 9.81. The van der Waals surface area contributed by atoms with Crippen LogP contribution in [0.25, 0.3) is 0 Å². The minimum absolute atomic E-state index is 0.00879. The summed E-state index contributed by atoms with van der Waals surface area (Å²) in [5.74, 6) is 1.40. The Balaban J connectivity index is 1.76. The molecular weight excluding hydrogens is 314 g/mol. The van der Waals surface area contributed by atoms with E-state index < -0.39 is 0 Å². The summed E-state index contributed by atoms with van der Waals surface area (Å²) < 4.78 is 11.5. The number of nitrogens with zero attached hydrogens (tertiary/aromatic N) is 1. The molecule has 0 spiro atoms. The molecule has 0 atom stereocenters. The molecule has 0 aliphatic carbocycles. The smallest absolute Gasteiger partial charge is 0.162 e. The highest BCUT2D eigenvalue weighted by Gasteiger charge is 2.16. The van der Waals surface area contributed by atoms with Crippen LogP contribution in [0.5, 0.6) is 11.5 Å². The third-order valence-corrected chi connectivity index (χ3v) is 4.74. The van der Waals surface area contributed by atoms with Crippen molar-refractivity contribution in [2.24, 2.45) is 0 Å². The average molecular weight is 341 g/mol. The van der Waals surface area contributed by atoms with Gasteiger partial charge in [0.15, 0.2) is 11.5 Å². The van der Waals surface area contributed by atoms with E-state index in [4.69, 9.17) is 9.47 Å². The summed E-state index contributed by atoms with van der Waals surface area (Å²) in [4.78, 5) is 2.45. The molecule has 1 aliphatic heterocycles. The second kappa shape index (κ2) is 8.88. The Morgan fingerprint density at radius 2 is 1.68 bits per heavy atom. The second-order valence-electron chi connectivity index (χ2n) is 6.54. The highest BCUT2D eigenvalue weighted by Crippen LogP contribution is 2.32. The fourth-order valence-corrected chi connectivity index (χ4v) is 3.30. The van der Waals surface area contributed by atoms with Crippen LogP contribution in [0.2, 0.25) is 0 Å².